The van der Waals surface area contributed by atoms with Gasteiger partial charge in [-0.05, 0) is 72.2 Å². The van der Waals surface area contributed by atoms with Crippen molar-refractivity contribution in [2.24, 2.45) is 5.41 Å². The van der Waals surface area contributed by atoms with Crippen molar-refractivity contribution in [1.82, 2.24) is 0 Å². The highest BCUT2D eigenvalue weighted by Crippen LogP contribution is 2.31. The molecule has 1 aliphatic rings. The van der Waals surface area contributed by atoms with E-state index in [0.717, 1.165) is 28.1 Å². The second kappa shape index (κ2) is 7.34. The van der Waals surface area contributed by atoms with E-state index < -0.39 is 6.50 Å². The molecule has 1 N–H and O–H groups in total. The van der Waals surface area contributed by atoms with E-state index in [1.807, 2.05) is 46.8 Å². The number of rotatable bonds is 3. The maximum Gasteiger partial charge on any atom is 0.224 e. The molecule has 1 aliphatic heterocycles. The summed E-state index contributed by atoms with van der Waals surface area (Å²) in [5.74, 6) is -0.365. The molecule has 4 heteroatoms. The van der Waals surface area contributed by atoms with E-state index in [-0.39, 0.29) is 23.6 Å². The minimum atomic E-state index is -1.63. The molecule has 144 valence electrons. The quantitative estimate of drug-likeness (QED) is 0.787. The molecule has 0 aromatic heterocycles. The largest absolute Gasteiger partial charge is 0.367 e. The molecule has 2 aromatic rings. The zero-order chi connectivity index (χ0) is 21.6. The molecule has 1 amide bonds. The standard InChI is InChI=1S/C23H29FN2O/c1-15-10-20(11-16(2)22(15)25-21(27)13-23(3,4)5)26-9-8-17-12-19(24)7-6-18(17)14-26/h6-7,10-12H,8-9,13-14H2,1-5H3,(H,25,27)/i9D2. The minimum Gasteiger partial charge on any atom is -0.367 e. The van der Waals surface area contributed by atoms with E-state index in [9.17, 15) is 9.18 Å². The smallest absolute Gasteiger partial charge is 0.224 e. The van der Waals surface area contributed by atoms with E-state index in [1.54, 1.807) is 11.0 Å². The van der Waals surface area contributed by atoms with Gasteiger partial charge in [-0.15, -0.1) is 0 Å². The minimum absolute atomic E-state index is 0.0271. The summed E-state index contributed by atoms with van der Waals surface area (Å²) in [7, 11) is 0. The predicted octanol–water partition coefficient (Wildman–Crippen LogP) is 5.38. The summed E-state index contributed by atoms with van der Waals surface area (Å²) in [5, 5.41) is 3.01. The van der Waals surface area contributed by atoms with Crippen LogP contribution in [-0.4, -0.2) is 12.4 Å². The molecule has 0 unspecified atom stereocenters. The normalized spacial score (nSPS) is 17.0. The first-order chi connectivity index (χ1) is 13.4. The van der Waals surface area contributed by atoms with Gasteiger partial charge in [-0.25, -0.2) is 4.39 Å². The fourth-order valence-corrected chi connectivity index (χ4v) is 3.46. The summed E-state index contributed by atoms with van der Waals surface area (Å²) in [4.78, 5) is 14.1. The van der Waals surface area contributed by atoms with Crippen molar-refractivity contribution in [2.75, 3.05) is 16.7 Å². The third-order valence-corrected chi connectivity index (χ3v) is 4.74. The Labute approximate surface area is 164 Å². The highest BCUT2D eigenvalue weighted by molar-refractivity contribution is 5.93. The van der Waals surface area contributed by atoms with Crippen LogP contribution in [-0.2, 0) is 17.8 Å². The molecule has 27 heavy (non-hydrogen) atoms. The van der Waals surface area contributed by atoms with Crippen molar-refractivity contribution in [1.29, 1.82) is 0 Å². The average molecular weight is 371 g/mol. The third-order valence-electron chi connectivity index (χ3n) is 4.74. The first-order valence-electron chi connectivity index (χ1n) is 10.3. The number of hydrogen-bond acceptors (Lipinski definition) is 2. The lowest BCUT2D eigenvalue weighted by Crippen LogP contribution is -2.30. The van der Waals surface area contributed by atoms with E-state index in [2.05, 4.69) is 5.32 Å². The Hall–Kier alpha value is -2.36. The average Bonchev–Trinajstić information content (AvgIpc) is 2.54. The Bertz CT molecular complexity index is 927. The van der Waals surface area contributed by atoms with Crippen LogP contribution in [0.1, 0.15) is 52.2 Å². The monoisotopic (exact) mass is 370 g/mol. The summed E-state index contributed by atoms with van der Waals surface area (Å²) < 4.78 is 30.6. The van der Waals surface area contributed by atoms with Crippen molar-refractivity contribution in [3.63, 3.8) is 0 Å². The Balaban J connectivity index is 1.90. The molecule has 0 saturated heterocycles. The van der Waals surface area contributed by atoms with Crippen LogP contribution < -0.4 is 10.2 Å². The van der Waals surface area contributed by atoms with Gasteiger partial charge in [0.05, 0.1) is 0 Å². The number of hydrogen-bond donors (Lipinski definition) is 1. The highest BCUT2D eigenvalue weighted by Gasteiger charge is 2.20. The van der Waals surface area contributed by atoms with Gasteiger partial charge in [-0.1, -0.05) is 26.8 Å². The van der Waals surface area contributed by atoms with Gasteiger partial charge in [0.15, 0.2) is 0 Å². The van der Waals surface area contributed by atoms with Crippen molar-refractivity contribution in [3.8, 4) is 0 Å². The number of halogens is 1. The van der Waals surface area contributed by atoms with Crippen molar-refractivity contribution >= 4 is 17.3 Å². The maximum absolute atomic E-state index is 13.6. The van der Waals surface area contributed by atoms with Crippen molar-refractivity contribution < 1.29 is 11.9 Å². The number of carbonyl (C=O) groups excluding carboxylic acids is 1. The Morgan fingerprint density at radius 1 is 1.19 bits per heavy atom. The molecular formula is C23H29FN2O. The number of anilines is 2. The van der Waals surface area contributed by atoms with Gasteiger partial charge in [0.2, 0.25) is 5.91 Å². The molecule has 1 heterocycles. The molecular weight excluding hydrogens is 339 g/mol. The summed E-state index contributed by atoms with van der Waals surface area (Å²) in [6, 6.07) is 8.39. The Kier molecular flexibility index (Phi) is 4.56. The maximum atomic E-state index is 13.6. The number of nitrogens with zero attached hydrogens (tertiary/aromatic N) is 1. The molecule has 0 spiro atoms. The van der Waals surface area contributed by atoms with Gasteiger partial charge >= 0.3 is 0 Å². The van der Waals surface area contributed by atoms with E-state index >= 15 is 0 Å². The zero-order valence-electron chi connectivity index (χ0n) is 18.7. The topological polar surface area (TPSA) is 32.3 Å². The number of aryl methyl sites for hydroxylation is 3. The van der Waals surface area contributed by atoms with Gasteiger partial charge in [-0.2, -0.15) is 0 Å². The van der Waals surface area contributed by atoms with Crippen LogP contribution in [0.3, 0.4) is 0 Å². The fourth-order valence-electron chi connectivity index (χ4n) is 3.46. The first kappa shape index (κ1) is 16.8. The first-order valence-corrected chi connectivity index (χ1v) is 9.32. The summed E-state index contributed by atoms with van der Waals surface area (Å²) in [5.41, 5.74) is 4.87. The van der Waals surface area contributed by atoms with E-state index in [0.29, 0.717) is 18.5 Å². The molecule has 0 saturated carbocycles. The summed E-state index contributed by atoms with van der Waals surface area (Å²) >= 11 is 0. The van der Waals surface area contributed by atoms with Crippen LogP contribution in [0, 0.1) is 25.1 Å². The summed E-state index contributed by atoms with van der Waals surface area (Å²) in [6.07, 6.45) is 0.553. The van der Waals surface area contributed by atoms with Crippen LogP contribution in [0.5, 0.6) is 0 Å². The number of amides is 1. The van der Waals surface area contributed by atoms with Crippen LogP contribution in [0.2, 0.25) is 0 Å². The molecule has 0 aliphatic carbocycles. The second-order valence-corrected chi connectivity index (χ2v) is 8.57. The number of benzene rings is 2. The fraction of sp³-hybridized carbons (Fsp3) is 0.435. The molecule has 3 rings (SSSR count). The Morgan fingerprint density at radius 2 is 1.85 bits per heavy atom. The van der Waals surface area contributed by atoms with Crippen LogP contribution in [0.25, 0.3) is 0 Å². The number of carbonyl (C=O) groups is 1. The second-order valence-electron chi connectivity index (χ2n) is 8.57. The lowest BCUT2D eigenvalue weighted by molar-refractivity contribution is -0.117. The van der Waals surface area contributed by atoms with Gasteiger partial charge in [0, 0.05) is 33.6 Å². The lowest BCUT2D eigenvalue weighted by Gasteiger charge is -2.31. The lowest BCUT2D eigenvalue weighted by atomic mass is 9.92. The number of fused-ring (bicyclic) bond motifs is 1. The predicted molar refractivity (Wildman–Crippen MR) is 110 cm³/mol. The molecule has 0 bridgehead atoms. The van der Waals surface area contributed by atoms with Crippen LogP contribution >= 0.6 is 0 Å². The van der Waals surface area contributed by atoms with Gasteiger partial charge in [-0.3, -0.25) is 4.79 Å². The van der Waals surface area contributed by atoms with Crippen molar-refractivity contribution in [2.45, 2.75) is 54.0 Å². The molecule has 3 nitrogen and oxygen atoms in total. The molecule has 0 radical (unpaired) electrons. The third kappa shape index (κ3) is 4.68. The van der Waals surface area contributed by atoms with Crippen LogP contribution in [0.4, 0.5) is 15.8 Å². The molecule has 2 aromatic carbocycles. The number of nitrogens with one attached hydrogen (secondary N) is 1. The van der Waals surface area contributed by atoms with Crippen molar-refractivity contribution in [3.05, 3.63) is 58.4 Å². The van der Waals surface area contributed by atoms with Crippen LogP contribution in [0.15, 0.2) is 30.3 Å². The van der Waals surface area contributed by atoms with E-state index in [1.165, 1.54) is 12.1 Å². The van der Waals surface area contributed by atoms with E-state index in [4.69, 9.17) is 2.74 Å². The SMILES string of the molecule is [2H]C1([2H])Cc2cc(F)ccc2CN1c1cc(C)c(NC(=O)CC(C)(C)C)c(C)c1. The van der Waals surface area contributed by atoms with Gasteiger partial charge < -0.3 is 10.2 Å². The highest BCUT2D eigenvalue weighted by atomic mass is 19.1. The molecule has 0 fully saturated rings. The van der Waals surface area contributed by atoms with Gasteiger partial charge in [0.1, 0.15) is 5.82 Å². The molecule has 0 atom stereocenters. The summed E-state index contributed by atoms with van der Waals surface area (Å²) in [6.45, 7) is 8.67. The van der Waals surface area contributed by atoms with Gasteiger partial charge in [0.25, 0.3) is 0 Å². The Morgan fingerprint density at radius 3 is 2.48 bits per heavy atom. The zero-order valence-corrected chi connectivity index (χ0v) is 16.7.